The first kappa shape index (κ1) is 13.0. The molecule has 2 amide bonds. The molecule has 104 valence electrons. The predicted octanol–water partition coefficient (Wildman–Crippen LogP) is 4.10. The molecule has 0 saturated carbocycles. The lowest BCUT2D eigenvalue weighted by atomic mass is 10.0. The molecule has 3 heteroatoms. The maximum absolute atomic E-state index is 12.4. The summed E-state index contributed by atoms with van der Waals surface area (Å²) in [7, 11) is 0. The molecule has 0 bridgehead atoms. The number of urea groups is 1. The van der Waals surface area contributed by atoms with Crippen LogP contribution in [-0.4, -0.2) is 24.0 Å². The Morgan fingerprint density at radius 3 is 2.85 bits per heavy atom. The van der Waals surface area contributed by atoms with E-state index in [9.17, 15) is 4.79 Å². The fourth-order valence-corrected chi connectivity index (χ4v) is 2.90. The second kappa shape index (κ2) is 5.53. The van der Waals surface area contributed by atoms with Gasteiger partial charge in [0.2, 0.25) is 0 Å². The van der Waals surface area contributed by atoms with Gasteiger partial charge >= 0.3 is 6.03 Å². The van der Waals surface area contributed by atoms with Gasteiger partial charge in [-0.05, 0) is 30.2 Å². The summed E-state index contributed by atoms with van der Waals surface area (Å²) < 4.78 is 0. The lowest BCUT2D eigenvalue weighted by Crippen LogP contribution is -2.41. The molecular formula is C17H20N2O. The van der Waals surface area contributed by atoms with Gasteiger partial charge in [-0.3, -0.25) is 0 Å². The number of fused-ring (bicyclic) bond motifs is 1. The maximum atomic E-state index is 12.4. The minimum Gasteiger partial charge on any atom is -0.324 e. The molecule has 1 aliphatic rings. The fourth-order valence-electron chi connectivity index (χ4n) is 2.90. The van der Waals surface area contributed by atoms with Gasteiger partial charge in [0.15, 0.2) is 0 Å². The van der Waals surface area contributed by atoms with Gasteiger partial charge in [0.25, 0.3) is 0 Å². The van der Waals surface area contributed by atoms with Crippen molar-refractivity contribution in [3.63, 3.8) is 0 Å². The molecule has 1 heterocycles. The van der Waals surface area contributed by atoms with Gasteiger partial charge in [-0.2, -0.15) is 0 Å². The van der Waals surface area contributed by atoms with Gasteiger partial charge in [0, 0.05) is 18.5 Å². The molecular weight excluding hydrogens is 248 g/mol. The number of hydrogen-bond acceptors (Lipinski definition) is 1. The molecule has 1 fully saturated rings. The quantitative estimate of drug-likeness (QED) is 0.829. The first-order chi connectivity index (χ1) is 9.74. The molecule has 0 spiro atoms. The third kappa shape index (κ3) is 2.62. The van der Waals surface area contributed by atoms with E-state index < -0.39 is 0 Å². The topological polar surface area (TPSA) is 32.3 Å². The largest absolute Gasteiger partial charge is 0.324 e. The van der Waals surface area contributed by atoms with Crippen molar-refractivity contribution < 1.29 is 4.79 Å². The highest BCUT2D eigenvalue weighted by Gasteiger charge is 2.21. The number of anilines is 1. The highest BCUT2D eigenvalue weighted by molar-refractivity contribution is 6.01. The molecule has 2 aromatic carbocycles. The van der Waals surface area contributed by atoms with Crippen molar-refractivity contribution in [2.24, 2.45) is 5.92 Å². The third-order valence-electron chi connectivity index (χ3n) is 3.98. The number of nitrogens with zero attached hydrogens (tertiary/aromatic N) is 1. The number of carbonyl (C=O) groups is 1. The Balaban J connectivity index is 1.80. The van der Waals surface area contributed by atoms with Crippen LogP contribution in [0.15, 0.2) is 42.5 Å². The summed E-state index contributed by atoms with van der Waals surface area (Å²) in [4.78, 5) is 14.3. The average Bonchev–Trinajstić information content (AvgIpc) is 2.47. The molecule has 0 aliphatic carbocycles. The van der Waals surface area contributed by atoms with Crippen LogP contribution >= 0.6 is 0 Å². The van der Waals surface area contributed by atoms with Crippen molar-refractivity contribution in [1.29, 1.82) is 0 Å². The lowest BCUT2D eigenvalue weighted by Gasteiger charge is -2.31. The van der Waals surface area contributed by atoms with Crippen molar-refractivity contribution in [1.82, 2.24) is 4.90 Å². The van der Waals surface area contributed by atoms with Crippen molar-refractivity contribution in [2.45, 2.75) is 19.8 Å². The lowest BCUT2D eigenvalue weighted by molar-refractivity contribution is 0.182. The van der Waals surface area contributed by atoms with E-state index in [0.717, 1.165) is 36.0 Å². The van der Waals surface area contributed by atoms with E-state index in [1.54, 1.807) is 0 Å². The third-order valence-corrected chi connectivity index (χ3v) is 3.98. The first-order valence-electron chi connectivity index (χ1n) is 7.28. The minimum absolute atomic E-state index is 0.0212. The van der Waals surface area contributed by atoms with E-state index in [1.807, 2.05) is 35.2 Å². The fraction of sp³-hybridized carbons (Fsp3) is 0.353. The zero-order chi connectivity index (χ0) is 13.9. The molecule has 3 nitrogen and oxygen atoms in total. The van der Waals surface area contributed by atoms with Gasteiger partial charge in [-0.25, -0.2) is 4.79 Å². The minimum atomic E-state index is 0.0212. The van der Waals surface area contributed by atoms with Gasteiger partial charge in [-0.1, -0.05) is 43.3 Å². The van der Waals surface area contributed by atoms with E-state index in [2.05, 4.69) is 24.4 Å². The Labute approximate surface area is 119 Å². The smallest absolute Gasteiger partial charge is 0.321 e. The number of nitrogens with one attached hydrogen (secondary N) is 1. The van der Waals surface area contributed by atoms with Crippen LogP contribution in [0.25, 0.3) is 10.8 Å². The van der Waals surface area contributed by atoms with Gasteiger partial charge in [-0.15, -0.1) is 0 Å². The van der Waals surface area contributed by atoms with Crippen LogP contribution in [0.3, 0.4) is 0 Å². The van der Waals surface area contributed by atoms with Crippen LogP contribution < -0.4 is 5.32 Å². The molecule has 0 radical (unpaired) electrons. The number of amides is 2. The van der Waals surface area contributed by atoms with E-state index in [0.29, 0.717) is 5.92 Å². The van der Waals surface area contributed by atoms with Crippen molar-refractivity contribution in [2.75, 3.05) is 18.4 Å². The maximum Gasteiger partial charge on any atom is 0.321 e. The Morgan fingerprint density at radius 2 is 2.00 bits per heavy atom. The molecule has 20 heavy (non-hydrogen) atoms. The Kier molecular flexibility index (Phi) is 3.59. The Hall–Kier alpha value is -2.03. The molecule has 1 saturated heterocycles. The molecule has 1 aliphatic heterocycles. The predicted molar refractivity (Wildman–Crippen MR) is 82.9 cm³/mol. The highest BCUT2D eigenvalue weighted by atomic mass is 16.2. The number of likely N-dealkylation sites (tertiary alicyclic amines) is 1. The van der Waals surface area contributed by atoms with E-state index in [4.69, 9.17) is 0 Å². The zero-order valence-corrected chi connectivity index (χ0v) is 11.8. The van der Waals surface area contributed by atoms with Crippen LogP contribution in [-0.2, 0) is 0 Å². The number of carbonyl (C=O) groups excluding carboxylic acids is 1. The summed E-state index contributed by atoms with van der Waals surface area (Å²) in [6.07, 6.45) is 2.32. The molecule has 0 unspecified atom stereocenters. The molecule has 0 aromatic heterocycles. The van der Waals surface area contributed by atoms with Crippen LogP contribution in [0.1, 0.15) is 19.8 Å². The Bertz CT molecular complexity index is 618. The molecule has 1 atom stereocenters. The standard InChI is InChI=1S/C17H20N2O/c1-13-6-5-11-19(12-13)17(20)18-16-10-4-8-14-7-2-3-9-15(14)16/h2-4,7-10,13H,5-6,11-12H2,1H3,(H,18,20)/t13-/m0/s1. The zero-order valence-electron chi connectivity index (χ0n) is 11.8. The van der Waals surface area contributed by atoms with Gasteiger partial charge in [0.1, 0.15) is 0 Å². The first-order valence-corrected chi connectivity index (χ1v) is 7.28. The van der Waals surface area contributed by atoms with Gasteiger partial charge < -0.3 is 10.2 Å². The number of hydrogen-bond donors (Lipinski definition) is 1. The summed E-state index contributed by atoms with van der Waals surface area (Å²) >= 11 is 0. The van der Waals surface area contributed by atoms with E-state index in [1.165, 1.54) is 6.42 Å². The van der Waals surface area contributed by atoms with Crippen LogP contribution in [0.5, 0.6) is 0 Å². The van der Waals surface area contributed by atoms with Crippen LogP contribution in [0.4, 0.5) is 10.5 Å². The summed E-state index contributed by atoms with van der Waals surface area (Å²) in [6, 6.07) is 14.2. The summed E-state index contributed by atoms with van der Waals surface area (Å²) in [5.74, 6) is 0.599. The monoisotopic (exact) mass is 268 g/mol. The number of rotatable bonds is 1. The van der Waals surface area contributed by atoms with Crippen molar-refractivity contribution in [3.8, 4) is 0 Å². The van der Waals surface area contributed by atoms with Crippen LogP contribution in [0, 0.1) is 5.92 Å². The van der Waals surface area contributed by atoms with E-state index in [-0.39, 0.29) is 6.03 Å². The van der Waals surface area contributed by atoms with Crippen molar-refractivity contribution in [3.05, 3.63) is 42.5 Å². The molecule has 1 N–H and O–H groups in total. The average molecular weight is 268 g/mol. The van der Waals surface area contributed by atoms with Gasteiger partial charge in [0.05, 0.1) is 5.69 Å². The second-order valence-electron chi connectivity index (χ2n) is 5.65. The van der Waals surface area contributed by atoms with Crippen LogP contribution in [0.2, 0.25) is 0 Å². The number of benzene rings is 2. The molecule has 2 aromatic rings. The molecule has 3 rings (SSSR count). The summed E-state index contributed by atoms with van der Waals surface area (Å²) in [5.41, 5.74) is 0.895. The van der Waals surface area contributed by atoms with E-state index >= 15 is 0 Å². The normalized spacial score (nSPS) is 19.1. The Morgan fingerprint density at radius 1 is 1.20 bits per heavy atom. The number of piperidine rings is 1. The van der Waals surface area contributed by atoms with Crippen molar-refractivity contribution >= 4 is 22.5 Å². The SMILES string of the molecule is C[C@H]1CCCN(C(=O)Nc2cccc3ccccc23)C1. The summed E-state index contributed by atoms with van der Waals surface area (Å²) in [6.45, 7) is 3.93. The highest BCUT2D eigenvalue weighted by Crippen LogP contribution is 2.24. The second-order valence-corrected chi connectivity index (χ2v) is 5.65. The summed E-state index contributed by atoms with van der Waals surface area (Å²) in [5, 5.41) is 5.30.